The van der Waals surface area contributed by atoms with Crippen LogP contribution in [-0.2, 0) is 0 Å². The Kier molecular flexibility index (Phi) is 7.05. The van der Waals surface area contributed by atoms with Gasteiger partial charge in [-0.05, 0) is 61.2 Å². The lowest BCUT2D eigenvalue weighted by Gasteiger charge is -2.39. The molecule has 1 saturated heterocycles. The summed E-state index contributed by atoms with van der Waals surface area (Å²) in [5.41, 5.74) is 3.63. The van der Waals surface area contributed by atoms with Gasteiger partial charge in [0.25, 0.3) is 5.91 Å². The summed E-state index contributed by atoms with van der Waals surface area (Å²) >= 11 is 0. The number of hydrogen-bond acceptors (Lipinski definition) is 4. The number of rotatable bonds is 9. The number of fused-ring (bicyclic) bond motifs is 1. The summed E-state index contributed by atoms with van der Waals surface area (Å²) in [5, 5.41) is 4.97. The molecule has 3 aromatic carbocycles. The molecule has 1 N–H and O–H groups in total. The molecule has 5 nitrogen and oxygen atoms in total. The third-order valence-electron chi connectivity index (χ3n) is 6.58. The number of carbonyl (C=O) groups excluding carboxylic acids is 1. The minimum Gasteiger partial charge on any atom is -0.494 e. The Hall–Kier alpha value is -3.70. The zero-order chi connectivity index (χ0) is 24.0. The van der Waals surface area contributed by atoms with Gasteiger partial charge in [0.1, 0.15) is 11.4 Å². The van der Waals surface area contributed by atoms with Gasteiger partial charge in [-0.3, -0.25) is 4.79 Å². The molecular weight excluding hydrogens is 434 g/mol. The maximum atomic E-state index is 13.1. The Morgan fingerprint density at radius 3 is 2.51 bits per heavy atom. The van der Waals surface area contributed by atoms with Gasteiger partial charge in [-0.15, -0.1) is 0 Å². The van der Waals surface area contributed by atoms with Crippen molar-refractivity contribution in [1.29, 1.82) is 0 Å². The van der Waals surface area contributed by atoms with Crippen molar-refractivity contribution in [3.63, 3.8) is 0 Å². The topological polar surface area (TPSA) is 54.5 Å². The van der Waals surface area contributed by atoms with E-state index in [1.54, 1.807) is 0 Å². The number of nitrogens with one attached hydrogen (secondary N) is 1. The maximum absolute atomic E-state index is 13.1. The molecule has 35 heavy (non-hydrogen) atoms. The van der Waals surface area contributed by atoms with E-state index in [0.29, 0.717) is 24.8 Å². The van der Waals surface area contributed by atoms with Gasteiger partial charge in [-0.25, -0.2) is 4.98 Å². The van der Waals surface area contributed by atoms with E-state index in [1.165, 1.54) is 5.56 Å². The molecule has 2 heterocycles. The predicted molar refractivity (Wildman–Crippen MR) is 141 cm³/mol. The number of pyridine rings is 1. The second-order valence-corrected chi connectivity index (χ2v) is 9.01. The van der Waals surface area contributed by atoms with Crippen molar-refractivity contribution in [3.05, 3.63) is 96.2 Å². The van der Waals surface area contributed by atoms with Crippen molar-refractivity contribution in [2.45, 2.75) is 19.3 Å². The number of aromatic nitrogens is 1. The lowest BCUT2D eigenvalue weighted by Crippen LogP contribution is -2.45. The van der Waals surface area contributed by atoms with Crippen LogP contribution in [0.5, 0.6) is 5.75 Å². The van der Waals surface area contributed by atoms with Crippen molar-refractivity contribution in [2.24, 2.45) is 0 Å². The predicted octanol–water partition coefficient (Wildman–Crippen LogP) is 5.52. The van der Waals surface area contributed by atoms with Crippen LogP contribution in [0.3, 0.4) is 0 Å². The summed E-state index contributed by atoms with van der Waals surface area (Å²) in [4.78, 5) is 20.4. The van der Waals surface area contributed by atoms with Crippen LogP contribution in [-0.4, -0.2) is 48.6 Å². The van der Waals surface area contributed by atoms with Crippen molar-refractivity contribution in [3.8, 4) is 17.0 Å². The van der Waals surface area contributed by atoms with Gasteiger partial charge >= 0.3 is 0 Å². The van der Waals surface area contributed by atoms with Gasteiger partial charge < -0.3 is 15.0 Å². The summed E-state index contributed by atoms with van der Waals surface area (Å²) in [7, 11) is 0. The summed E-state index contributed by atoms with van der Waals surface area (Å²) < 4.78 is 5.55. The quantitative estimate of drug-likeness (QED) is 0.331. The molecule has 0 aliphatic carbocycles. The fourth-order valence-corrected chi connectivity index (χ4v) is 4.69. The summed E-state index contributed by atoms with van der Waals surface area (Å²) in [6.07, 6.45) is 0.920. The third-order valence-corrected chi connectivity index (χ3v) is 6.58. The van der Waals surface area contributed by atoms with Crippen LogP contribution in [0.1, 0.15) is 35.3 Å². The molecule has 0 saturated carbocycles. The third kappa shape index (κ3) is 5.36. The fraction of sp³-hybridized carbons (Fsp3) is 0.267. The number of amides is 1. The molecular formula is C30H31N3O2. The average Bonchev–Trinajstić information content (AvgIpc) is 2.88. The van der Waals surface area contributed by atoms with Gasteiger partial charge in [-0.2, -0.15) is 0 Å². The molecule has 5 rings (SSSR count). The minimum atomic E-state index is -0.125. The standard InChI is InChI=1S/C30H31N3O2/c1-2-35-26-15-13-23(14-16-26)28-19-24-11-6-7-12-27(24)29(32-28)30(34)31-17-8-18-33-20-25(21-33)22-9-4-3-5-10-22/h3-7,9-16,19,25H,2,8,17-18,20-21H2,1H3,(H,31,34). The van der Waals surface area contributed by atoms with Gasteiger partial charge in [-0.1, -0.05) is 54.6 Å². The Bertz CT molecular complexity index is 1280. The minimum absolute atomic E-state index is 0.125. The lowest BCUT2D eigenvalue weighted by atomic mass is 9.91. The van der Waals surface area contributed by atoms with E-state index < -0.39 is 0 Å². The van der Waals surface area contributed by atoms with Crippen molar-refractivity contribution in [1.82, 2.24) is 15.2 Å². The van der Waals surface area contributed by atoms with Crippen LogP contribution in [0.15, 0.2) is 84.9 Å². The van der Waals surface area contributed by atoms with E-state index in [0.717, 1.165) is 53.8 Å². The lowest BCUT2D eigenvalue weighted by molar-refractivity contribution is 0.0944. The van der Waals surface area contributed by atoms with Crippen molar-refractivity contribution >= 4 is 16.7 Å². The van der Waals surface area contributed by atoms with Crippen LogP contribution in [0.2, 0.25) is 0 Å². The van der Waals surface area contributed by atoms with E-state index in [1.807, 2.05) is 61.5 Å². The van der Waals surface area contributed by atoms with E-state index in [2.05, 4.69) is 40.5 Å². The SMILES string of the molecule is CCOc1ccc(-c2cc3ccccc3c(C(=O)NCCCN3CC(c4ccccc4)C3)n2)cc1. The van der Waals surface area contributed by atoms with E-state index in [-0.39, 0.29) is 5.91 Å². The highest BCUT2D eigenvalue weighted by Crippen LogP contribution is 2.28. The molecule has 1 fully saturated rings. The molecule has 178 valence electrons. The largest absolute Gasteiger partial charge is 0.494 e. The first-order chi connectivity index (χ1) is 17.2. The fourth-order valence-electron chi connectivity index (χ4n) is 4.69. The monoisotopic (exact) mass is 465 g/mol. The first-order valence-corrected chi connectivity index (χ1v) is 12.4. The van der Waals surface area contributed by atoms with Gasteiger partial charge in [0, 0.05) is 36.5 Å². The maximum Gasteiger partial charge on any atom is 0.270 e. The number of likely N-dealkylation sites (tertiary alicyclic amines) is 1. The van der Waals surface area contributed by atoms with Gasteiger partial charge in [0.15, 0.2) is 0 Å². The van der Waals surface area contributed by atoms with Gasteiger partial charge in [0.2, 0.25) is 0 Å². The number of hydrogen-bond donors (Lipinski definition) is 1. The number of carbonyl (C=O) groups is 1. The van der Waals surface area contributed by atoms with Crippen molar-refractivity contribution in [2.75, 3.05) is 32.8 Å². The first-order valence-electron chi connectivity index (χ1n) is 12.4. The van der Waals surface area contributed by atoms with E-state index >= 15 is 0 Å². The number of ether oxygens (including phenoxy) is 1. The molecule has 1 aromatic heterocycles. The van der Waals surface area contributed by atoms with Crippen molar-refractivity contribution < 1.29 is 9.53 Å². The molecule has 1 aliphatic heterocycles. The molecule has 0 bridgehead atoms. The average molecular weight is 466 g/mol. The van der Waals surface area contributed by atoms with E-state index in [9.17, 15) is 4.79 Å². The summed E-state index contributed by atoms with van der Waals surface area (Å²) in [6, 6.07) is 28.5. The Balaban J connectivity index is 1.21. The number of benzene rings is 3. The van der Waals surface area contributed by atoms with Crippen LogP contribution >= 0.6 is 0 Å². The molecule has 1 amide bonds. The Labute approximate surface area is 206 Å². The highest BCUT2D eigenvalue weighted by atomic mass is 16.5. The molecule has 1 aliphatic rings. The summed E-state index contributed by atoms with van der Waals surface area (Å²) in [5.74, 6) is 1.33. The zero-order valence-corrected chi connectivity index (χ0v) is 20.1. The Morgan fingerprint density at radius 1 is 1.00 bits per heavy atom. The Morgan fingerprint density at radius 2 is 1.74 bits per heavy atom. The molecule has 5 heteroatoms. The molecule has 0 atom stereocenters. The van der Waals surface area contributed by atoms with Crippen LogP contribution in [0.25, 0.3) is 22.0 Å². The van der Waals surface area contributed by atoms with Crippen LogP contribution in [0, 0.1) is 0 Å². The normalized spacial score (nSPS) is 14.0. The van der Waals surface area contributed by atoms with Crippen LogP contribution in [0.4, 0.5) is 0 Å². The second-order valence-electron chi connectivity index (χ2n) is 9.01. The smallest absolute Gasteiger partial charge is 0.270 e. The van der Waals surface area contributed by atoms with Crippen LogP contribution < -0.4 is 10.1 Å². The molecule has 0 spiro atoms. The second kappa shape index (κ2) is 10.7. The summed E-state index contributed by atoms with van der Waals surface area (Å²) in [6.45, 7) is 6.40. The van der Waals surface area contributed by atoms with Gasteiger partial charge in [0.05, 0.1) is 12.3 Å². The zero-order valence-electron chi connectivity index (χ0n) is 20.1. The highest BCUT2D eigenvalue weighted by Gasteiger charge is 2.27. The molecule has 0 unspecified atom stereocenters. The highest BCUT2D eigenvalue weighted by molar-refractivity contribution is 6.06. The first kappa shape index (κ1) is 23.1. The molecule has 0 radical (unpaired) electrons. The van der Waals surface area contributed by atoms with E-state index in [4.69, 9.17) is 9.72 Å². The molecule has 4 aromatic rings. The number of nitrogens with zero attached hydrogens (tertiary/aromatic N) is 2.